The predicted molar refractivity (Wildman–Crippen MR) is 143 cm³/mol. The van der Waals surface area contributed by atoms with Crippen LogP contribution in [0.25, 0.3) is 22.5 Å². The molecule has 0 unspecified atom stereocenters. The minimum absolute atomic E-state index is 0.00656. The van der Waals surface area contributed by atoms with E-state index in [1.807, 2.05) is 30.3 Å². The summed E-state index contributed by atoms with van der Waals surface area (Å²) >= 11 is 0. The van der Waals surface area contributed by atoms with Gasteiger partial charge in [0.1, 0.15) is 0 Å². The number of carbonyl (C=O) groups is 1. The Morgan fingerprint density at radius 3 is 2.23 bits per heavy atom. The van der Waals surface area contributed by atoms with Gasteiger partial charge in [0.25, 0.3) is 0 Å². The molecule has 0 bridgehead atoms. The number of benzene rings is 2. The number of anilines is 2. The molecule has 0 aliphatic rings. The summed E-state index contributed by atoms with van der Waals surface area (Å²) in [5, 5.41) is 20.6. The minimum atomic E-state index is -0.208. The van der Waals surface area contributed by atoms with Crippen molar-refractivity contribution >= 4 is 17.4 Å². The molecule has 0 atom stereocenters. The van der Waals surface area contributed by atoms with Crippen LogP contribution in [0.2, 0.25) is 0 Å². The maximum absolute atomic E-state index is 12.9. The second-order valence-electron chi connectivity index (χ2n) is 11.1. The third-order valence-corrected chi connectivity index (χ3v) is 5.37. The Labute approximate surface area is 208 Å². The lowest BCUT2D eigenvalue weighted by Gasteiger charge is -2.31. The number of amides is 2. The van der Waals surface area contributed by atoms with Gasteiger partial charge < -0.3 is 15.5 Å². The van der Waals surface area contributed by atoms with Crippen molar-refractivity contribution in [1.82, 2.24) is 25.9 Å². The van der Waals surface area contributed by atoms with Gasteiger partial charge >= 0.3 is 6.03 Å². The van der Waals surface area contributed by atoms with Crippen molar-refractivity contribution in [3.05, 3.63) is 42.5 Å². The average molecular weight is 478 g/mol. The van der Waals surface area contributed by atoms with Gasteiger partial charge in [-0.05, 0) is 50.9 Å². The van der Waals surface area contributed by atoms with E-state index in [1.165, 1.54) is 0 Å². The minimum Gasteiger partial charge on any atom is -0.369 e. The highest BCUT2D eigenvalue weighted by Gasteiger charge is 2.19. The summed E-state index contributed by atoms with van der Waals surface area (Å²) in [7, 11) is 0. The molecule has 0 saturated heterocycles. The van der Waals surface area contributed by atoms with Gasteiger partial charge in [-0.1, -0.05) is 78.8 Å². The fourth-order valence-corrected chi connectivity index (χ4v) is 3.96. The van der Waals surface area contributed by atoms with E-state index in [0.717, 1.165) is 41.2 Å². The van der Waals surface area contributed by atoms with Crippen molar-refractivity contribution in [3.63, 3.8) is 0 Å². The van der Waals surface area contributed by atoms with Gasteiger partial charge in [0.2, 0.25) is 0 Å². The molecule has 8 heteroatoms. The molecule has 1 aromatic heterocycles. The molecule has 35 heavy (non-hydrogen) atoms. The normalized spacial score (nSPS) is 11.7. The van der Waals surface area contributed by atoms with E-state index in [0.29, 0.717) is 24.2 Å². The topological polar surface area (TPSA) is 98.8 Å². The standard InChI is InChI=1S/C27H39N7O/c1-18(2)15-34(16-19(3)4)24-13-12-20(14-23(24)29-26(35)28-17-27(5,6)7)21-10-8-9-11-22(21)25-30-32-33-31-25/h8-14,18-19H,15-17H2,1-7H3,(H2,28,29,35)(H,30,31,32,33). The monoisotopic (exact) mass is 477 g/mol. The molecular weight excluding hydrogens is 438 g/mol. The second kappa shape index (κ2) is 11.3. The molecule has 0 spiro atoms. The van der Waals surface area contributed by atoms with Crippen molar-refractivity contribution in [2.24, 2.45) is 17.3 Å². The van der Waals surface area contributed by atoms with Crippen molar-refractivity contribution in [1.29, 1.82) is 0 Å². The number of rotatable bonds is 9. The maximum atomic E-state index is 12.9. The highest BCUT2D eigenvalue weighted by molar-refractivity contribution is 5.95. The smallest absolute Gasteiger partial charge is 0.319 e. The molecule has 0 aliphatic carbocycles. The van der Waals surface area contributed by atoms with Crippen LogP contribution in [-0.4, -0.2) is 46.3 Å². The van der Waals surface area contributed by atoms with Crippen LogP contribution in [0.4, 0.5) is 16.2 Å². The zero-order valence-electron chi connectivity index (χ0n) is 22.0. The Hall–Kier alpha value is -3.42. The summed E-state index contributed by atoms with van der Waals surface area (Å²) in [5.41, 5.74) is 4.64. The summed E-state index contributed by atoms with van der Waals surface area (Å²) in [6.07, 6.45) is 0. The number of tetrazole rings is 1. The number of H-pyrrole nitrogens is 1. The second-order valence-corrected chi connectivity index (χ2v) is 11.1. The summed E-state index contributed by atoms with van der Waals surface area (Å²) < 4.78 is 0. The van der Waals surface area contributed by atoms with Crippen LogP contribution in [0.5, 0.6) is 0 Å². The van der Waals surface area contributed by atoms with Gasteiger partial charge in [-0.15, -0.1) is 5.10 Å². The van der Waals surface area contributed by atoms with Crippen LogP contribution in [0, 0.1) is 17.3 Å². The van der Waals surface area contributed by atoms with Crippen molar-refractivity contribution in [2.75, 3.05) is 29.9 Å². The van der Waals surface area contributed by atoms with Crippen LogP contribution >= 0.6 is 0 Å². The average Bonchev–Trinajstić information content (AvgIpc) is 3.31. The number of carbonyl (C=O) groups excluding carboxylic acids is 1. The van der Waals surface area contributed by atoms with Crippen LogP contribution in [0.15, 0.2) is 42.5 Å². The molecule has 2 amide bonds. The molecule has 8 nitrogen and oxygen atoms in total. The van der Waals surface area contributed by atoms with Gasteiger partial charge in [-0.2, -0.15) is 0 Å². The number of hydrogen-bond donors (Lipinski definition) is 3. The molecule has 3 N–H and O–H groups in total. The summed E-state index contributed by atoms with van der Waals surface area (Å²) in [4.78, 5) is 15.3. The lowest BCUT2D eigenvalue weighted by molar-refractivity contribution is 0.247. The third-order valence-electron chi connectivity index (χ3n) is 5.37. The SMILES string of the molecule is CC(C)CN(CC(C)C)c1ccc(-c2ccccc2-c2nnn[nH]2)cc1NC(=O)NCC(C)(C)C. The Balaban J connectivity index is 2.04. The molecule has 188 valence electrons. The van der Waals surface area contributed by atoms with Crippen molar-refractivity contribution in [2.45, 2.75) is 48.5 Å². The Bertz CT molecular complexity index is 1090. The lowest BCUT2D eigenvalue weighted by Crippen LogP contribution is -2.36. The number of nitrogens with zero attached hydrogens (tertiary/aromatic N) is 4. The van der Waals surface area contributed by atoms with E-state index in [1.54, 1.807) is 0 Å². The number of aromatic nitrogens is 4. The summed E-state index contributed by atoms with van der Waals surface area (Å²) in [6.45, 7) is 17.5. The van der Waals surface area contributed by atoms with Crippen LogP contribution in [0.3, 0.4) is 0 Å². The molecule has 0 fully saturated rings. The predicted octanol–water partition coefficient (Wildman–Crippen LogP) is 5.82. The molecule has 3 rings (SSSR count). The first-order valence-corrected chi connectivity index (χ1v) is 12.3. The molecule has 0 aliphatic heterocycles. The van der Waals surface area contributed by atoms with E-state index in [2.05, 4.69) is 96.8 Å². The fourth-order valence-electron chi connectivity index (χ4n) is 3.96. The maximum Gasteiger partial charge on any atom is 0.319 e. The zero-order chi connectivity index (χ0) is 25.6. The first-order chi connectivity index (χ1) is 16.5. The number of aromatic amines is 1. The van der Waals surface area contributed by atoms with E-state index in [-0.39, 0.29) is 11.4 Å². The van der Waals surface area contributed by atoms with Gasteiger partial charge in [0.15, 0.2) is 5.82 Å². The van der Waals surface area contributed by atoms with E-state index in [4.69, 9.17) is 0 Å². The first-order valence-electron chi connectivity index (χ1n) is 12.3. The van der Waals surface area contributed by atoms with E-state index >= 15 is 0 Å². The van der Waals surface area contributed by atoms with Crippen LogP contribution < -0.4 is 15.5 Å². The molecule has 0 radical (unpaired) electrons. The summed E-state index contributed by atoms with van der Waals surface area (Å²) in [6, 6.07) is 14.0. The molecule has 3 aromatic rings. The zero-order valence-corrected chi connectivity index (χ0v) is 22.0. The molecule has 1 heterocycles. The fraction of sp³-hybridized carbons (Fsp3) is 0.481. The number of hydrogen-bond acceptors (Lipinski definition) is 5. The van der Waals surface area contributed by atoms with Gasteiger partial charge in [0.05, 0.1) is 11.4 Å². The highest BCUT2D eigenvalue weighted by atomic mass is 16.2. The Morgan fingerprint density at radius 1 is 1.00 bits per heavy atom. The van der Waals surface area contributed by atoms with Crippen molar-refractivity contribution in [3.8, 4) is 22.5 Å². The quantitative estimate of drug-likeness (QED) is 0.361. The van der Waals surface area contributed by atoms with Gasteiger partial charge in [-0.3, -0.25) is 0 Å². The van der Waals surface area contributed by atoms with E-state index < -0.39 is 0 Å². The lowest BCUT2D eigenvalue weighted by atomic mass is 9.97. The molecular formula is C27H39N7O. The Kier molecular flexibility index (Phi) is 8.48. The van der Waals surface area contributed by atoms with E-state index in [9.17, 15) is 4.79 Å². The van der Waals surface area contributed by atoms with Crippen molar-refractivity contribution < 1.29 is 4.79 Å². The van der Waals surface area contributed by atoms with Crippen LogP contribution in [0.1, 0.15) is 48.5 Å². The Morgan fingerprint density at radius 2 is 1.66 bits per heavy atom. The number of nitrogens with one attached hydrogen (secondary N) is 3. The summed E-state index contributed by atoms with van der Waals surface area (Å²) in [5.74, 6) is 1.56. The first kappa shape index (κ1) is 26.2. The third kappa shape index (κ3) is 7.53. The highest BCUT2D eigenvalue weighted by Crippen LogP contribution is 2.36. The largest absolute Gasteiger partial charge is 0.369 e. The van der Waals surface area contributed by atoms with Gasteiger partial charge in [0, 0.05) is 25.2 Å². The van der Waals surface area contributed by atoms with Gasteiger partial charge in [-0.25, -0.2) is 9.89 Å². The number of urea groups is 1. The molecule has 2 aromatic carbocycles. The van der Waals surface area contributed by atoms with Crippen LogP contribution in [-0.2, 0) is 0 Å². The molecule has 0 saturated carbocycles.